The van der Waals surface area contributed by atoms with Crippen molar-refractivity contribution in [3.8, 4) is 0 Å². The Morgan fingerprint density at radius 2 is 2.05 bits per heavy atom. The predicted molar refractivity (Wildman–Crippen MR) is 97.9 cm³/mol. The summed E-state index contributed by atoms with van der Waals surface area (Å²) in [6.07, 6.45) is 7.87. The minimum Gasteiger partial charge on any atom is -0.389 e. The second-order valence-corrected chi connectivity index (χ2v) is 10.7. The van der Waals surface area contributed by atoms with E-state index in [1.807, 2.05) is 11.3 Å². The van der Waals surface area contributed by atoms with Crippen molar-refractivity contribution < 1.29 is 5.11 Å². The highest BCUT2D eigenvalue weighted by Gasteiger charge is 2.37. The Hall–Kier alpha value is 0.350. The van der Waals surface area contributed by atoms with Gasteiger partial charge < -0.3 is 10.4 Å². The van der Waals surface area contributed by atoms with Crippen LogP contribution in [0.5, 0.6) is 0 Å². The molecule has 0 saturated heterocycles. The molecule has 2 N–H and O–H groups in total. The lowest BCUT2D eigenvalue weighted by atomic mass is 9.71. The Bertz CT molecular complexity index is 501. The van der Waals surface area contributed by atoms with Crippen molar-refractivity contribution in [2.24, 2.45) is 5.41 Å². The first-order valence-electron chi connectivity index (χ1n) is 8.11. The van der Waals surface area contributed by atoms with Gasteiger partial charge in [-0.1, -0.05) is 13.8 Å². The molecule has 4 heteroatoms. The molecule has 1 unspecified atom stereocenters. The fraction of sp³-hybridized carbons (Fsp3) is 0.765. The van der Waals surface area contributed by atoms with Crippen LogP contribution in [-0.2, 0) is 6.42 Å². The summed E-state index contributed by atoms with van der Waals surface area (Å²) in [6, 6.07) is 2.79. The average Bonchev–Trinajstić information content (AvgIpc) is 2.81. The molecule has 3 rings (SSSR count). The molecule has 2 aliphatic carbocycles. The lowest BCUT2D eigenvalue weighted by Gasteiger charge is -2.41. The van der Waals surface area contributed by atoms with Crippen LogP contribution in [0.2, 0.25) is 0 Å². The largest absolute Gasteiger partial charge is 0.389 e. The number of nitrogens with one attached hydrogen (secondary N) is 1. The average molecular weight is 419 g/mol. The highest BCUT2D eigenvalue weighted by Crippen LogP contribution is 2.41. The first kappa shape index (κ1) is 16.2. The molecule has 1 fully saturated rings. The molecule has 0 aliphatic heterocycles. The molecule has 0 spiro atoms. The Morgan fingerprint density at radius 3 is 2.76 bits per heavy atom. The van der Waals surface area contributed by atoms with Crippen LogP contribution in [0, 0.1) is 8.30 Å². The van der Waals surface area contributed by atoms with E-state index in [-0.39, 0.29) is 0 Å². The number of aliphatic hydroxyl groups is 1. The topological polar surface area (TPSA) is 32.3 Å². The third kappa shape index (κ3) is 3.82. The van der Waals surface area contributed by atoms with Crippen molar-refractivity contribution in [1.82, 2.24) is 5.32 Å². The maximum Gasteiger partial charge on any atom is 0.0772 e. The summed E-state index contributed by atoms with van der Waals surface area (Å²) in [5, 5.41) is 14.5. The van der Waals surface area contributed by atoms with Gasteiger partial charge in [-0.3, -0.25) is 0 Å². The molecule has 1 heterocycles. The lowest BCUT2D eigenvalue weighted by molar-refractivity contribution is -0.0264. The molecule has 0 radical (unpaired) electrons. The summed E-state index contributed by atoms with van der Waals surface area (Å²) in [6.45, 7) is 5.39. The van der Waals surface area contributed by atoms with Gasteiger partial charge in [-0.25, -0.2) is 0 Å². The van der Waals surface area contributed by atoms with Gasteiger partial charge in [-0.15, -0.1) is 11.3 Å². The highest BCUT2D eigenvalue weighted by atomic mass is 127. The summed E-state index contributed by atoms with van der Waals surface area (Å²) in [4.78, 5) is 1.56. The monoisotopic (exact) mass is 419 g/mol. The first-order chi connectivity index (χ1) is 9.87. The van der Waals surface area contributed by atoms with Gasteiger partial charge in [0.25, 0.3) is 0 Å². The van der Waals surface area contributed by atoms with Gasteiger partial charge in [0.1, 0.15) is 0 Å². The zero-order valence-electron chi connectivity index (χ0n) is 13.0. The maximum atomic E-state index is 10.8. The molecular weight excluding hydrogens is 393 g/mol. The number of halogens is 1. The highest BCUT2D eigenvalue weighted by molar-refractivity contribution is 14.1. The van der Waals surface area contributed by atoms with Crippen LogP contribution in [-0.4, -0.2) is 17.3 Å². The van der Waals surface area contributed by atoms with Crippen molar-refractivity contribution >= 4 is 33.9 Å². The van der Waals surface area contributed by atoms with Crippen molar-refractivity contribution in [3.63, 3.8) is 0 Å². The number of hydrogen-bond acceptors (Lipinski definition) is 3. The number of aryl methyl sites for hydroxylation is 1. The number of thiophene rings is 1. The van der Waals surface area contributed by atoms with Crippen molar-refractivity contribution in [3.05, 3.63) is 19.4 Å². The minimum absolute atomic E-state index is 0.410. The van der Waals surface area contributed by atoms with E-state index in [0.29, 0.717) is 11.5 Å². The molecule has 21 heavy (non-hydrogen) atoms. The van der Waals surface area contributed by atoms with E-state index in [2.05, 4.69) is 47.8 Å². The third-order valence-electron chi connectivity index (χ3n) is 5.30. The van der Waals surface area contributed by atoms with E-state index in [0.717, 1.165) is 32.2 Å². The molecule has 0 aromatic carbocycles. The van der Waals surface area contributed by atoms with Gasteiger partial charge >= 0.3 is 0 Å². The van der Waals surface area contributed by atoms with Gasteiger partial charge in [0.05, 0.1) is 8.48 Å². The van der Waals surface area contributed by atoms with Crippen molar-refractivity contribution in [2.45, 2.75) is 70.4 Å². The molecule has 1 aromatic heterocycles. The van der Waals surface area contributed by atoms with Crippen LogP contribution in [0.4, 0.5) is 0 Å². The second-order valence-electron chi connectivity index (χ2n) is 7.64. The van der Waals surface area contributed by atoms with E-state index in [9.17, 15) is 5.11 Å². The van der Waals surface area contributed by atoms with Gasteiger partial charge in [0, 0.05) is 17.5 Å². The molecule has 2 aliphatic rings. The quantitative estimate of drug-likeness (QED) is 0.699. The number of hydrogen-bond donors (Lipinski definition) is 2. The van der Waals surface area contributed by atoms with Crippen LogP contribution < -0.4 is 5.32 Å². The van der Waals surface area contributed by atoms with Crippen LogP contribution in [0.15, 0.2) is 6.07 Å². The van der Waals surface area contributed by atoms with Gasteiger partial charge in [0.2, 0.25) is 0 Å². The van der Waals surface area contributed by atoms with Crippen LogP contribution in [0.3, 0.4) is 0 Å². The van der Waals surface area contributed by atoms with E-state index >= 15 is 0 Å². The SMILES string of the molecule is CC1(C)CCC(O)(CNC2CCCc3sc(I)cc32)CC1. The first-order valence-corrected chi connectivity index (χ1v) is 10.0. The van der Waals surface area contributed by atoms with Crippen LogP contribution >= 0.6 is 33.9 Å². The van der Waals surface area contributed by atoms with Gasteiger partial charge in [-0.05, 0) is 84.6 Å². The van der Waals surface area contributed by atoms with Crippen molar-refractivity contribution in [2.75, 3.05) is 6.54 Å². The fourth-order valence-corrected chi connectivity index (χ4v) is 5.74. The zero-order chi connectivity index (χ0) is 15.1. The number of fused-ring (bicyclic) bond motifs is 1. The summed E-state index contributed by atoms with van der Waals surface area (Å²) < 4.78 is 1.39. The zero-order valence-corrected chi connectivity index (χ0v) is 16.0. The summed E-state index contributed by atoms with van der Waals surface area (Å²) in [5.41, 5.74) is 1.42. The Balaban J connectivity index is 1.61. The minimum atomic E-state index is -0.490. The molecule has 118 valence electrons. The summed E-state index contributed by atoms with van der Waals surface area (Å²) >= 11 is 4.37. The molecular formula is C17H26INOS. The Kier molecular flexibility index (Phi) is 4.71. The molecule has 0 amide bonds. The van der Waals surface area contributed by atoms with Crippen LogP contribution in [0.1, 0.15) is 68.9 Å². The van der Waals surface area contributed by atoms with Crippen molar-refractivity contribution in [1.29, 1.82) is 0 Å². The predicted octanol–water partition coefficient (Wildman–Crippen LogP) is 4.65. The van der Waals surface area contributed by atoms with E-state index in [1.54, 1.807) is 4.88 Å². The Morgan fingerprint density at radius 1 is 1.33 bits per heavy atom. The van der Waals surface area contributed by atoms with Crippen LogP contribution in [0.25, 0.3) is 0 Å². The molecule has 1 aromatic rings. The standard InChI is InChI=1S/C17H26INOS/c1-16(2)6-8-17(20,9-7-16)11-19-13-4-3-5-14-12(13)10-15(18)21-14/h10,13,19-20H,3-9,11H2,1-2H3. The number of rotatable bonds is 3. The van der Waals surface area contributed by atoms with E-state index in [1.165, 1.54) is 27.7 Å². The third-order valence-corrected chi connectivity index (χ3v) is 7.27. The summed E-state index contributed by atoms with van der Waals surface area (Å²) in [5.74, 6) is 0. The fourth-order valence-electron chi connectivity index (χ4n) is 3.62. The van der Waals surface area contributed by atoms with E-state index in [4.69, 9.17) is 0 Å². The molecule has 1 saturated carbocycles. The smallest absolute Gasteiger partial charge is 0.0772 e. The lowest BCUT2D eigenvalue weighted by Crippen LogP contribution is -2.46. The second kappa shape index (κ2) is 6.10. The normalized spacial score (nSPS) is 27.3. The Labute approximate surface area is 145 Å². The van der Waals surface area contributed by atoms with Gasteiger partial charge in [0.15, 0.2) is 0 Å². The molecule has 2 nitrogen and oxygen atoms in total. The molecule has 0 bridgehead atoms. The van der Waals surface area contributed by atoms with E-state index < -0.39 is 5.60 Å². The van der Waals surface area contributed by atoms with Gasteiger partial charge in [-0.2, -0.15) is 0 Å². The molecule has 1 atom stereocenters. The summed E-state index contributed by atoms with van der Waals surface area (Å²) in [7, 11) is 0. The maximum absolute atomic E-state index is 10.8.